The average Bonchev–Trinajstić information content (AvgIpc) is 3.19. The van der Waals surface area contributed by atoms with E-state index in [0.717, 1.165) is 27.0 Å². The van der Waals surface area contributed by atoms with Crippen LogP contribution in [0.25, 0.3) is 16.9 Å². The van der Waals surface area contributed by atoms with Gasteiger partial charge in [-0.05, 0) is 30.3 Å². The number of para-hydroxylation sites is 1. The fourth-order valence-corrected chi connectivity index (χ4v) is 3.84. The van der Waals surface area contributed by atoms with Gasteiger partial charge in [-0.15, -0.1) is 10.2 Å². The second kappa shape index (κ2) is 9.27. The standard InChI is InChI=1S/C21H18BrN5O2S/c1-29-18-5-3-2-4-15(18)12-23-20(28)13-30-21-25-24-19-11-10-17(26-27(19)21)14-6-8-16(22)9-7-14/h2-11H,12-13H2,1H3,(H,23,28). The Kier molecular flexibility index (Phi) is 6.29. The van der Waals surface area contributed by atoms with Gasteiger partial charge in [0.2, 0.25) is 11.1 Å². The number of benzene rings is 2. The Morgan fingerprint density at radius 2 is 1.90 bits per heavy atom. The molecule has 2 aromatic carbocycles. The summed E-state index contributed by atoms with van der Waals surface area (Å²) in [6, 6.07) is 19.3. The number of fused-ring (bicyclic) bond motifs is 1. The zero-order chi connectivity index (χ0) is 20.9. The SMILES string of the molecule is COc1ccccc1CNC(=O)CSc1nnc2ccc(-c3ccc(Br)cc3)nn12. The van der Waals surface area contributed by atoms with E-state index in [1.807, 2.05) is 60.7 Å². The Morgan fingerprint density at radius 1 is 1.10 bits per heavy atom. The first kappa shape index (κ1) is 20.4. The van der Waals surface area contributed by atoms with Crippen LogP contribution in [0.5, 0.6) is 5.75 Å². The number of hydrogen-bond donors (Lipinski definition) is 1. The summed E-state index contributed by atoms with van der Waals surface area (Å²) in [5.41, 5.74) is 3.34. The zero-order valence-corrected chi connectivity index (χ0v) is 18.5. The van der Waals surface area contributed by atoms with Crippen LogP contribution >= 0.6 is 27.7 Å². The van der Waals surface area contributed by atoms with Gasteiger partial charge in [-0.3, -0.25) is 4.79 Å². The molecular formula is C21H18BrN5O2S. The third-order valence-corrected chi connectivity index (χ3v) is 5.82. The lowest BCUT2D eigenvalue weighted by atomic mass is 10.1. The van der Waals surface area contributed by atoms with Crippen molar-refractivity contribution in [2.24, 2.45) is 0 Å². The molecule has 0 aliphatic heterocycles. The van der Waals surface area contributed by atoms with E-state index in [2.05, 4.69) is 36.5 Å². The summed E-state index contributed by atoms with van der Waals surface area (Å²) in [5.74, 6) is 0.852. The highest BCUT2D eigenvalue weighted by atomic mass is 79.9. The second-order valence-electron chi connectivity index (χ2n) is 6.36. The number of aromatic nitrogens is 4. The number of ether oxygens (including phenoxy) is 1. The molecule has 2 aromatic heterocycles. The summed E-state index contributed by atoms with van der Waals surface area (Å²) in [7, 11) is 1.61. The molecule has 0 atom stereocenters. The summed E-state index contributed by atoms with van der Waals surface area (Å²) in [6.07, 6.45) is 0. The highest BCUT2D eigenvalue weighted by Gasteiger charge is 2.12. The van der Waals surface area contributed by atoms with Crippen LogP contribution in [0.15, 0.2) is 70.3 Å². The summed E-state index contributed by atoms with van der Waals surface area (Å²) in [5, 5.41) is 16.4. The number of rotatable bonds is 7. The van der Waals surface area contributed by atoms with Gasteiger partial charge in [0.15, 0.2) is 5.65 Å². The number of hydrogen-bond acceptors (Lipinski definition) is 6. The molecular weight excluding hydrogens is 466 g/mol. The minimum atomic E-state index is -0.105. The molecule has 0 fully saturated rings. The van der Waals surface area contributed by atoms with E-state index in [-0.39, 0.29) is 11.7 Å². The summed E-state index contributed by atoms with van der Waals surface area (Å²) in [6.45, 7) is 0.399. The van der Waals surface area contributed by atoms with E-state index >= 15 is 0 Å². The van der Waals surface area contributed by atoms with E-state index in [4.69, 9.17) is 4.74 Å². The van der Waals surface area contributed by atoms with Gasteiger partial charge >= 0.3 is 0 Å². The molecule has 0 aliphatic rings. The molecule has 0 saturated carbocycles. The Labute approximate surface area is 186 Å². The van der Waals surface area contributed by atoms with Gasteiger partial charge < -0.3 is 10.1 Å². The molecule has 0 spiro atoms. The van der Waals surface area contributed by atoms with Crippen LogP contribution in [0.3, 0.4) is 0 Å². The highest BCUT2D eigenvalue weighted by molar-refractivity contribution is 9.10. The number of thioether (sulfide) groups is 1. The molecule has 0 unspecified atom stereocenters. The molecule has 1 amide bonds. The first-order valence-corrected chi connectivity index (χ1v) is 10.9. The van der Waals surface area contributed by atoms with Crippen molar-refractivity contribution in [3.05, 3.63) is 70.7 Å². The largest absolute Gasteiger partial charge is 0.496 e. The fourth-order valence-electron chi connectivity index (χ4n) is 2.86. The van der Waals surface area contributed by atoms with E-state index in [1.165, 1.54) is 11.8 Å². The third-order valence-electron chi connectivity index (χ3n) is 4.38. The number of methoxy groups -OCH3 is 1. The first-order chi connectivity index (χ1) is 14.6. The molecule has 7 nitrogen and oxygen atoms in total. The van der Waals surface area contributed by atoms with Gasteiger partial charge in [-0.2, -0.15) is 9.61 Å². The first-order valence-electron chi connectivity index (χ1n) is 9.14. The predicted octanol–water partition coefficient (Wildman–Crippen LogP) is 3.97. The van der Waals surface area contributed by atoms with Crippen LogP contribution in [0.1, 0.15) is 5.56 Å². The fraction of sp³-hybridized carbons (Fsp3) is 0.143. The van der Waals surface area contributed by atoms with Gasteiger partial charge in [-0.1, -0.05) is 58.0 Å². The Morgan fingerprint density at radius 3 is 2.70 bits per heavy atom. The lowest BCUT2D eigenvalue weighted by molar-refractivity contribution is -0.118. The van der Waals surface area contributed by atoms with E-state index < -0.39 is 0 Å². The minimum absolute atomic E-state index is 0.105. The molecule has 0 saturated heterocycles. The van der Waals surface area contributed by atoms with E-state index in [9.17, 15) is 4.79 Å². The summed E-state index contributed by atoms with van der Waals surface area (Å²) < 4.78 is 7.98. The van der Waals surface area contributed by atoms with Crippen molar-refractivity contribution >= 4 is 39.2 Å². The highest BCUT2D eigenvalue weighted by Crippen LogP contribution is 2.22. The number of carbonyl (C=O) groups is 1. The van der Waals surface area contributed by atoms with Crippen LogP contribution < -0.4 is 10.1 Å². The van der Waals surface area contributed by atoms with Gasteiger partial charge in [0.05, 0.1) is 18.6 Å². The van der Waals surface area contributed by atoms with Crippen LogP contribution in [-0.2, 0) is 11.3 Å². The number of amides is 1. The molecule has 30 heavy (non-hydrogen) atoms. The van der Waals surface area contributed by atoms with Crippen molar-refractivity contribution in [3.63, 3.8) is 0 Å². The topological polar surface area (TPSA) is 81.4 Å². The lowest BCUT2D eigenvalue weighted by Crippen LogP contribution is -2.24. The zero-order valence-electron chi connectivity index (χ0n) is 16.1. The molecule has 9 heteroatoms. The smallest absolute Gasteiger partial charge is 0.230 e. The van der Waals surface area contributed by atoms with Crippen LogP contribution in [0.2, 0.25) is 0 Å². The summed E-state index contributed by atoms with van der Waals surface area (Å²) >= 11 is 4.73. The van der Waals surface area contributed by atoms with Gasteiger partial charge in [0, 0.05) is 22.1 Å². The molecule has 0 radical (unpaired) electrons. The maximum atomic E-state index is 12.3. The monoisotopic (exact) mass is 483 g/mol. The van der Waals surface area contributed by atoms with Crippen molar-refractivity contribution in [3.8, 4) is 17.0 Å². The molecule has 4 rings (SSSR count). The van der Waals surface area contributed by atoms with Crippen molar-refractivity contribution in [1.29, 1.82) is 0 Å². The maximum Gasteiger partial charge on any atom is 0.230 e. The Hall–Kier alpha value is -2.91. The van der Waals surface area contributed by atoms with Crippen molar-refractivity contribution < 1.29 is 9.53 Å². The Bertz CT molecular complexity index is 1180. The third kappa shape index (κ3) is 4.63. The van der Waals surface area contributed by atoms with Crippen LogP contribution in [0, 0.1) is 0 Å². The van der Waals surface area contributed by atoms with Crippen molar-refractivity contribution in [2.75, 3.05) is 12.9 Å². The van der Waals surface area contributed by atoms with Crippen molar-refractivity contribution in [1.82, 2.24) is 25.1 Å². The second-order valence-corrected chi connectivity index (χ2v) is 8.21. The molecule has 0 bridgehead atoms. The number of nitrogens with zero attached hydrogens (tertiary/aromatic N) is 4. The lowest BCUT2D eigenvalue weighted by Gasteiger charge is -2.09. The number of carbonyl (C=O) groups excluding carboxylic acids is 1. The summed E-state index contributed by atoms with van der Waals surface area (Å²) in [4.78, 5) is 12.3. The van der Waals surface area contributed by atoms with Gasteiger partial charge in [0.1, 0.15) is 5.75 Å². The molecule has 0 aliphatic carbocycles. The van der Waals surface area contributed by atoms with E-state index in [1.54, 1.807) is 11.6 Å². The predicted molar refractivity (Wildman–Crippen MR) is 119 cm³/mol. The average molecular weight is 484 g/mol. The molecule has 2 heterocycles. The normalized spacial score (nSPS) is 10.9. The van der Waals surface area contributed by atoms with Gasteiger partial charge in [0.25, 0.3) is 0 Å². The Balaban J connectivity index is 1.43. The maximum absolute atomic E-state index is 12.3. The number of halogens is 1. The van der Waals surface area contributed by atoms with Crippen molar-refractivity contribution in [2.45, 2.75) is 11.7 Å². The minimum Gasteiger partial charge on any atom is -0.496 e. The quantitative estimate of drug-likeness (QED) is 0.400. The molecule has 4 aromatic rings. The van der Waals surface area contributed by atoms with E-state index in [0.29, 0.717) is 17.3 Å². The number of nitrogens with one attached hydrogen (secondary N) is 1. The molecule has 1 N–H and O–H groups in total. The van der Waals surface area contributed by atoms with Crippen LogP contribution in [0.4, 0.5) is 0 Å². The van der Waals surface area contributed by atoms with Crippen LogP contribution in [-0.4, -0.2) is 38.6 Å². The van der Waals surface area contributed by atoms with Gasteiger partial charge in [-0.25, -0.2) is 0 Å². The molecule has 152 valence electrons.